The quantitative estimate of drug-likeness (QED) is 0.598. The number of nitrogens with zero attached hydrogens (tertiary/aromatic N) is 1. The third kappa shape index (κ3) is 4.12. The fourth-order valence-corrected chi connectivity index (χ4v) is 2.61. The lowest BCUT2D eigenvalue weighted by Crippen LogP contribution is -2.37. The second-order valence-electron chi connectivity index (χ2n) is 4.87. The fraction of sp³-hybridized carbons (Fsp3) is 0.533. The van der Waals surface area contributed by atoms with Crippen LogP contribution >= 0.6 is 11.6 Å². The first kappa shape index (κ1) is 15.1. The van der Waals surface area contributed by atoms with Crippen molar-refractivity contribution in [2.24, 2.45) is 0 Å². The lowest BCUT2D eigenvalue weighted by molar-refractivity contribution is -0.145. The molecule has 1 atom stereocenters. The van der Waals surface area contributed by atoms with Crippen molar-refractivity contribution >= 4 is 17.6 Å². The number of hydrogen-bond donors (Lipinski definition) is 0. The molecule has 0 aliphatic carbocycles. The average molecular weight is 298 g/mol. The van der Waals surface area contributed by atoms with E-state index in [1.165, 1.54) is 7.11 Å². The Balaban J connectivity index is 1.70. The van der Waals surface area contributed by atoms with Gasteiger partial charge in [-0.1, -0.05) is 11.6 Å². The van der Waals surface area contributed by atoms with Crippen molar-refractivity contribution in [3.05, 3.63) is 29.3 Å². The number of halogens is 1. The van der Waals surface area contributed by atoms with E-state index < -0.39 is 0 Å². The van der Waals surface area contributed by atoms with Gasteiger partial charge < -0.3 is 9.47 Å². The first-order valence-corrected chi connectivity index (χ1v) is 7.29. The van der Waals surface area contributed by atoms with E-state index in [0.29, 0.717) is 11.6 Å². The van der Waals surface area contributed by atoms with Gasteiger partial charge in [0.15, 0.2) is 0 Å². The van der Waals surface area contributed by atoms with Crippen molar-refractivity contribution in [3.63, 3.8) is 0 Å². The molecule has 0 radical (unpaired) electrons. The number of rotatable bonds is 6. The number of carbonyl (C=O) groups is 1. The second-order valence-corrected chi connectivity index (χ2v) is 5.31. The van der Waals surface area contributed by atoms with Crippen LogP contribution in [0.4, 0.5) is 0 Å². The third-order valence-electron chi connectivity index (χ3n) is 3.51. The summed E-state index contributed by atoms with van der Waals surface area (Å²) >= 11 is 5.81. The normalized spacial score (nSPS) is 19.0. The third-order valence-corrected chi connectivity index (χ3v) is 3.76. The monoisotopic (exact) mass is 297 g/mol. The largest absolute Gasteiger partial charge is 0.494 e. The van der Waals surface area contributed by atoms with Crippen LogP contribution in [0.15, 0.2) is 24.3 Å². The molecule has 110 valence electrons. The first-order chi connectivity index (χ1) is 9.70. The molecule has 0 saturated carbocycles. The van der Waals surface area contributed by atoms with Gasteiger partial charge in [0.25, 0.3) is 0 Å². The highest BCUT2D eigenvalue weighted by Crippen LogP contribution is 2.19. The van der Waals surface area contributed by atoms with Crippen LogP contribution < -0.4 is 4.74 Å². The Morgan fingerprint density at radius 1 is 1.40 bits per heavy atom. The lowest BCUT2D eigenvalue weighted by Gasteiger charge is -2.22. The first-order valence-electron chi connectivity index (χ1n) is 6.91. The summed E-state index contributed by atoms with van der Waals surface area (Å²) in [5, 5.41) is 0.704. The number of carbonyl (C=O) groups excluding carboxylic acids is 1. The van der Waals surface area contributed by atoms with Gasteiger partial charge in [-0.05, 0) is 50.1 Å². The van der Waals surface area contributed by atoms with Crippen LogP contribution in [0.2, 0.25) is 5.02 Å². The van der Waals surface area contributed by atoms with Crippen molar-refractivity contribution in [2.45, 2.75) is 25.3 Å². The zero-order valence-corrected chi connectivity index (χ0v) is 12.4. The molecule has 0 aromatic heterocycles. The van der Waals surface area contributed by atoms with E-state index in [4.69, 9.17) is 21.1 Å². The molecule has 1 unspecified atom stereocenters. The highest BCUT2D eigenvalue weighted by molar-refractivity contribution is 6.30. The minimum absolute atomic E-state index is 0.0736. The highest BCUT2D eigenvalue weighted by Gasteiger charge is 2.30. The summed E-state index contributed by atoms with van der Waals surface area (Å²) in [4.78, 5) is 13.8. The number of esters is 1. The summed E-state index contributed by atoms with van der Waals surface area (Å²) in [5.74, 6) is 0.696. The summed E-state index contributed by atoms with van der Waals surface area (Å²) in [7, 11) is 1.45. The second kappa shape index (κ2) is 7.50. The predicted molar refractivity (Wildman–Crippen MR) is 78.2 cm³/mol. The molecule has 0 bridgehead atoms. The summed E-state index contributed by atoms with van der Waals surface area (Å²) in [6, 6.07) is 7.26. The molecule has 2 rings (SSSR count). The zero-order chi connectivity index (χ0) is 14.4. The topological polar surface area (TPSA) is 38.8 Å². The molecule has 5 heteroatoms. The molecule has 1 aliphatic rings. The standard InChI is InChI=1S/C15H20ClNO3/c1-19-15(18)14-4-2-9-17(14)10-3-11-20-13-7-5-12(16)6-8-13/h5-8,14H,2-4,9-11H2,1H3. The molecule has 4 nitrogen and oxygen atoms in total. The molecule has 0 N–H and O–H groups in total. The van der Waals surface area contributed by atoms with E-state index in [9.17, 15) is 4.79 Å². The smallest absolute Gasteiger partial charge is 0.323 e. The van der Waals surface area contributed by atoms with E-state index in [2.05, 4.69) is 4.90 Å². The van der Waals surface area contributed by atoms with E-state index in [0.717, 1.165) is 38.1 Å². The van der Waals surface area contributed by atoms with Gasteiger partial charge >= 0.3 is 5.97 Å². The van der Waals surface area contributed by atoms with Crippen LogP contribution in [-0.2, 0) is 9.53 Å². The van der Waals surface area contributed by atoms with Crippen LogP contribution in [0.25, 0.3) is 0 Å². The summed E-state index contributed by atoms with van der Waals surface area (Å²) in [5.41, 5.74) is 0. The molecule has 1 heterocycles. The Morgan fingerprint density at radius 3 is 2.85 bits per heavy atom. The molecule has 1 fully saturated rings. The Morgan fingerprint density at radius 2 is 2.15 bits per heavy atom. The van der Waals surface area contributed by atoms with E-state index in [-0.39, 0.29) is 12.0 Å². The van der Waals surface area contributed by atoms with Crippen LogP contribution in [0.3, 0.4) is 0 Å². The molecule has 0 spiro atoms. The van der Waals surface area contributed by atoms with Crippen molar-refractivity contribution in [1.29, 1.82) is 0 Å². The molecule has 1 aliphatic heterocycles. The summed E-state index contributed by atoms with van der Waals surface area (Å²) in [6.07, 6.45) is 2.83. The predicted octanol–water partition coefficient (Wildman–Crippen LogP) is 2.75. The van der Waals surface area contributed by atoms with Gasteiger partial charge in [-0.15, -0.1) is 0 Å². The number of likely N-dealkylation sites (tertiary alicyclic amines) is 1. The van der Waals surface area contributed by atoms with Gasteiger partial charge in [-0.25, -0.2) is 0 Å². The van der Waals surface area contributed by atoms with Crippen molar-refractivity contribution in [2.75, 3.05) is 26.8 Å². The highest BCUT2D eigenvalue weighted by atomic mass is 35.5. The Labute approximate surface area is 124 Å². The Bertz CT molecular complexity index is 435. The molecular weight excluding hydrogens is 278 g/mol. The maximum absolute atomic E-state index is 11.6. The van der Waals surface area contributed by atoms with Gasteiger partial charge in [-0.3, -0.25) is 9.69 Å². The minimum Gasteiger partial charge on any atom is -0.494 e. The average Bonchev–Trinajstić information content (AvgIpc) is 2.93. The van der Waals surface area contributed by atoms with Gasteiger partial charge in [0.2, 0.25) is 0 Å². The summed E-state index contributed by atoms with van der Waals surface area (Å²) in [6.45, 7) is 2.44. The molecule has 20 heavy (non-hydrogen) atoms. The van der Waals surface area contributed by atoms with Crippen molar-refractivity contribution in [1.82, 2.24) is 4.90 Å². The van der Waals surface area contributed by atoms with Crippen molar-refractivity contribution < 1.29 is 14.3 Å². The zero-order valence-electron chi connectivity index (χ0n) is 11.7. The van der Waals surface area contributed by atoms with E-state index >= 15 is 0 Å². The molecule has 1 aromatic carbocycles. The molecule has 0 amide bonds. The number of methoxy groups -OCH3 is 1. The lowest BCUT2D eigenvalue weighted by atomic mass is 10.2. The number of ether oxygens (including phenoxy) is 2. The summed E-state index contributed by atoms with van der Waals surface area (Å²) < 4.78 is 10.5. The van der Waals surface area contributed by atoms with Crippen LogP contribution in [-0.4, -0.2) is 43.7 Å². The molecular formula is C15H20ClNO3. The minimum atomic E-state index is -0.124. The van der Waals surface area contributed by atoms with Gasteiger partial charge in [0, 0.05) is 11.6 Å². The van der Waals surface area contributed by atoms with Crippen molar-refractivity contribution in [3.8, 4) is 5.75 Å². The van der Waals surface area contributed by atoms with Gasteiger partial charge in [0.05, 0.1) is 13.7 Å². The Kier molecular flexibility index (Phi) is 5.68. The van der Waals surface area contributed by atoms with Gasteiger partial charge in [-0.2, -0.15) is 0 Å². The van der Waals surface area contributed by atoms with Crippen LogP contribution in [0, 0.1) is 0 Å². The maximum Gasteiger partial charge on any atom is 0.323 e. The van der Waals surface area contributed by atoms with Gasteiger partial charge in [0.1, 0.15) is 11.8 Å². The molecule has 1 aromatic rings. The van der Waals surface area contributed by atoms with E-state index in [1.807, 2.05) is 24.3 Å². The molecule has 1 saturated heterocycles. The maximum atomic E-state index is 11.6. The number of benzene rings is 1. The van der Waals surface area contributed by atoms with Crippen LogP contribution in [0.5, 0.6) is 5.75 Å². The SMILES string of the molecule is COC(=O)C1CCCN1CCCOc1ccc(Cl)cc1. The number of hydrogen-bond acceptors (Lipinski definition) is 4. The van der Waals surface area contributed by atoms with Crippen LogP contribution in [0.1, 0.15) is 19.3 Å². The fourth-order valence-electron chi connectivity index (χ4n) is 2.49. The Hall–Kier alpha value is -1.26. The van der Waals surface area contributed by atoms with E-state index in [1.54, 1.807) is 0 Å².